The summed E-state index contributed by atoms with van der Waals surface area (Å²) < 4.78 is 75.7. The van der Waals surface area contributed by atoms with Crippen LogP contribution in [-0.2, 0) is 34.2 Å². The van der Waals surface area contributed by atoms with E-state index < -0.39 is 16.2 Å². The third-order valence-corrected chi connectivity index (χ3v) is 9.92. The maximum atomic E-state index is 15.9. The number of nitrogens with two attached hydrogens (primary N) is 1. The summed E-state index contributed by atoms with van der Waals surface area (Å²) in [7, 11) is -3.11. The number of pyridine rings is 1. The lowest BCUT2D eigenvalue weighted by Gasteiger charge is -2.31. The molecule has 0 bridgehead atoms. The molecular weight excluding hydrogens is 806 g/mol. The van der Waals surface area contributed by atoms with Gasteiger partial charge in [0, 0.05) is 84.5 Å². The first kappa shape index (κ1) is 45.5. The van der Waals surface area contributed by atoms with Gasteiger partial charge in [0.25, 0.3) is 5.91 Å². The average molecular weight is 854 g/mol. The fraction of sp³-hybridized carbons (Fsp3) is 0.366. The molecule has 4 aliphatic heterocycles. The highest BCUT2D eigenvalue weighted by Crippen LogP contribution is 2.37. The minimum absolute atomic E-state index is 0. The number of hydrogen-bond acceptors (Lipinski definition) is 13. The van der Waals surface area contributed by atoms with Gasteiger partial charge >= 0.3 is 10.4 Å². The molecule has 19 heteroatoms. The molecule has 7 N–H and O–H groups in total. The second kappa shape index (κ2) is 20.6. The number of carbonyl (C=O) groups is 2. The molecule has 1 atom stereocenters. The molecule has 0 saturated carbocycles. The van der Waals surface area contributed by atoms with Gasteiger partial charge in [-0.3, -0.25) is 23.7 Å². The van der Waals surface area contributed by atoms with Crippen LogP contribution in [0.15, 0.2) is 89.0 Å². The van der Waals surface area contributed by atoms with Gasteiger partial charge in [-0.15, -0.1) is 0 Å². The van der Waals surface area contributed by atoms with E-state index in [-0.39, 0.29) is 53.2 Å². The summed E-state index contributed by atoms with van der Waals surface area (Å²) >= 11 is 0. The minimum atomic E-state index is -4.67. The Labute approximate surface area is 346 Å². The minimum Gasteiger partial charge on any atom is -0.493 e. The molecule has 0 unspecified atom stereocenters. The summed E-state index contributed by atoms with van der Waals surface area (Å²) in [6, 6.07) is 11.7. The van der Waals surface area contributed by atoms with E-state index in [1.54, 1.807) is 50.7 Å². The monoisotopic (exact) mass is 853 g/mol. The molecule has 2 saturated heterocycles. The highest BCUT2D eigenvalue weighted by molar-refractivity contribution is 7.79. The van der Waals surface area contributed by atoms with Crippen molar-refractivity contribution in [3.8, 4) is 33.8 Å². The zero-order chi connectivity index (χ0) is 42.1. The summed E-state index contributed by atoms with van der Waals surface area (Å²) in [5.41, 5.74) is 11.2. The molecule has 7 rings (SSSR count). The number of amides is 1. The number of benzene rings is 2. The van der Waals surface area contributed by atoms with Gasteiger partial charge < -0.3 is 45.1 Å². The number of carbonyl (C=O) groups excluding carboxylic acids is 2. The average Bonchev–Trinajstić information content (AvgIpc) is 3.21. The molecule has 17 nitrogen and oxygen atoms in total. The molecule has 1 aromatic heterocycles. The van der Waals surface area contributed by atoms with Crippen LogP contribution in [0.1, 0.15) is 32.6 Å². The molecule has 5 heterocycles. The molecule has 1 amide bonds. The van der Waals surface area contributed by atoms with Crippen molar-refractivity contribution in [2.24, 2.45) is 10.9 Å². The summed E-state index contributed by atoms with van der Waals surface area (Å²) in [6.45, 7) is 5.75. The number of aliphatic imine (C=N–C) groups is 1. The lowest BCUT2D eigenvalue weighted by atomic mass is 9.92. The van der Waals surface area contributed by atoms with E-state index in [0.29, 0.717) is 91.6 Å². The van der Waals surface area contributed by atoms with Gasteiger partial charge in [-0.1, -0.05) is 6.07 Å². The van der Waals surface area contributed by atoms with Crippen LogP contribution in [0.3, 0.4) is 0 Å². The van der Waals surface area contributed by atoms with Gasteiger partial charge in [-0.05, 0) is 73.2 Å². The van der Waals surface area contributed by atoms with Gasteiger partial charge in [-0.25, -0.2) is 9.37 Å². The van der Waals surface area contributed by atoms with E-state index in [1.807, 2.05) is 29.4 Å². The predicted molar refractivity (Wildman–Crippen MR) is 220 cm³/mol. The van der Waals surface area contributed by atoms with E-state index >= 15 is 4.39 Å². The Bertz CT molecular complexity index is 2280. The maximum absolute atomic E-state index is 15.9. The Kier molecular flexibility index (Phi) is 15.7. The topological polar surface area (TPSA) is 253 Å². The Morgan fingerprint density at radius 1 is 1.00 bits per heavy atom. The number of ether oxygens (including phenoxy) is 5. The molecule has 2 fully saturated rings. The summed E-state index contributed by atoms with van der Waals surface area (Å²) in [5, 5.41) is 2.87. The van der Waals surface area contributed by atoms with Crippen LogP contribution < -0.4 is 20.5 Å². The van der Waals surface area contributed by atoms with Crippen molar-refractivity contribution in [1.29, 1.82) is 0 Å². The number of nitrogen functional groups attached to an aromatic ring is 1. The van der Waals surface area contributed by atoms with Crippen LogP contribution in [0.5, 0.6) is 11.5 Å². The van der Waals surface area contributed by atoms with Crippen molar-refractivity contribution in [2.75, 3.05) is 64.3 Å². The number of anilines is 2. The Balaban J connectivity index is 0.00000107. The predicted octanol–water partition coefficient (Wildman–Crippen LogP) is 4.62. The van der Waals surface area contributed by atoms with Gasteiger partial charge in [0.2, 0.25) is 0 Å². The Morgan fingerprint density at radius 2 is 1.77 bits per heavy atom. The zero-order valence-electron chi connectivity index (χ0n) is 33.1. The SMILES string of the molecule is COc1cc(-c2cnc(N)c(-c3ccc(NC(=O)C4=CN(CC5CCOCC5)C=C(C5=NC=C(C)C(=O)C5)C4)cc3F)c2)ccc1OC[C@H]1COCCO1.O.O=S(=O)(O)O. The number of nitrogens with zero attached hydrogens (tertiary/aromatic N) is 3. The first-order valence-corrected chi connectivity index (χ1v) is 20.2. The van der Waals surface area contributed by atoms with Crippen molar-refractivity contribution in [1.82, 2.24) is 9.88 Å². The van der Waals surface area contributed by atoms with Crippen molar-refractivity contribution in [2.45, 2.75) is 38.7 Å². The summed E-state index contributed by atoms with van der Waals surface area (Å²) in [6.07, 6.45) is 9.16. The molecule has 0 radical (unpaired) electrons. The summed E-state index contributed by atoms with van der Waals surface area (Å²) in [5.74, 6) is 0.676. The second-order valence-electron chi connectivity index (χ2n) is 14.2. The Hall–Kier alpha value is -5.54. The number of rotatable bonds is 11. The van der Waals surface area contributed by atoms with Crippen LogP contribution in [0, 0.1) is 11.7 Å². The number of halogens is 1. The normalized spacial score (nSPS) is 18.4. The first-order chi connectivity index (χ1) is 28.2. The van der Waals surface area contributed by atoms with Crippen LogP contribution in [0.4, 0.5) is 15.9 Å². The molecule has 60 heavy (non-hydrogen) atoms. The van der Waals surface area contributed by atoms with Crippen molar-refractivity contribution in [3.63, 3.8) is 0 Å². The van der Waals surface area contributed by atoms with Crippen molar-refractivity contribution in [3.05, 3.63) is 89.8 Å². The van der Waals surface area contributed by atoms with Crippen LogP contribution in [0.2, 0.25) is 0 Å². The van der Waals surface area contributed by atoms with Crippen molar-refractivity contribution >= 4 is 39.3 Å². The number of nitrogens with one attached hydrogen (secondary N) is 1. The third kappa shape index (κ3) is 12.5. The molecule has 0 aliphatic carbocycles. The zero-order valence-corrected chi connectivity index (χ0v) is 33.9. The standard InChI is InChI=1S/C41H44FN5O7.H2O4S.H2O/c1-25-18-44-36(17-37(25)48)29-13-30(22-47(21-29)20-26-7-9-51-10-8-26)41(49)46-31-4-5-33(35(42)16-31)34-14-28(19-45-40(34)43)27-3-6-38(39(15-27)50-2)54-24-32-23-52-11-12-53-32;1-5(2,3)4;/h3-6,14-16,18-19,21-22,26,32H,7-13,17,20,23-24H2,1-2H3,(H2,43,45)(H,46,49);(H2,1,2,3,4);1H2/t32-;;/m1../s1. The van der Waals surface area contributed by atoms with Gasteiger partial charge in [0.15, 0.2) is 17.3 Å². The smallest absolute Gasteiger partial charge is 0.394 e. The fourth-order valence-electron chi connectivity index (χ4n) is 6.82. The Morgan fingerprint density at radius 3 is 2.45 bits per heavy atom. The number of methoxy groups -OCH3 is 1. The fourth-order valence-corrected chi connectivity index (χ4v) is 6.82. The number of aromatic nitrogens is 1. The molecule has 3 aromatic rings. The first-order valence-electron chi connectivity index (χ1n) is 18.8. The van der Waals surface area contributed by atoms with Gasteiger partial charge in [-0.2, -0.15) is 8.42 Å². The van der Waals surface area contributed by atoms with Crippen LogP contribution in [0.25, 0.3) is 22.3 Å². The van der Waals surface area contributed by atoms with E-state index in [4.69, 9.17) is 46.9 Å². The molecular formula is C41H48FN5O12S. The summed E-state index contributed by atoms with van der Waals surface area (Å²) in [4.78, 5) is 37.1. The maximum Gasteiger partial charge on any atom is 0.394 e. The number of hydrogen-bond donors (Lipinski definition) is 4. The van der Waals surface area contributed by atoms with E-state index in [1.165, 1.54) is 6.07 Å². The van der Waals surface area contributed by atoms with Crippen LogP contribution >= 0.6 is 0 Å². The number of Topliss-reactive ketones (excluding diaryl/α,β-unsaturated/α-hetero) is 1. The number of ketones is 1. The van der Waals surface area contributed by atoms with E-state index in [9.17, 15) is 9.59 Å². The van der Waals surface area contributed by atoms with Crippen LogP contribution in [-0.4, -0.2) is 110 Å². The molecule has 0 spiro atoms. The van der Waals surface area contributed by atoms with E-state index in [2.05, 4.69) is 15.3 Å². The second-order valence-corrected chi connectivity index (χ2v) is 15.1. The lowest BCUT2D eigenvalue weighted by Crippen LogP contribution is -2.33. The van der Waals surface area contributed by atoms with Gasteiger partial charge in [0.1, 0.15) is 24.3 Å². The third-order valence-electron chi connectivity index (χ3n) is 9.92. The lowest BCUT2D eigenvalue weighted by molar-refractivity contribution is -0.114. The highest BCUT2D eigenvalue weighted by Gasteiger charge is 2.26. The molecule has 322 valence electrons. The van der Waals surface area contributed by atoms with Gasteiger partial charge in [0.05, 0.1) is 39.1 Å². The van der Waals surface area contributed by atoms with E-state index in [0.717, 1.165) is 24.0 Å². The highest BCUT2D eigenvalue weighted by atomic mass is 32.3. The molecule has 4 aliphatic rings. The quantitative estimate of drug-likeness (QED) is 0.192. The largest absolute Gasteiger partial charge is 0.493 e. The van der Waals surface area contributed by atoms with Crippen molar-refractivity contribution < 1.29 is 60.7 Å². The molecule has 2 aromatic carbocycles. The number of allylic oxidation sites excluding steroid dienone is 2.